The Balaban J connectivity index is 2.51. The van der Waals surface area contributed by atoms with E-state index in [1.807, 2.05) is 0 Å². The van der Waals surface area contributed by atoms with Gasteiger partial charge in [0.25, 0.3) is 0 Å². The first-order chi connectivity index (χ1) is 9.56. The number of aryl methyl sites for hydroxylation is 2. The van der Waals surface area contributed by atoms with Gasteiger partial charge in [0.05, 0.1) is 0 Å². The van der Waals surface area contributed by atoms with Gasteiger partial charge in [-0.3, -0.25) is 0 Å². The Hall–Kier alpha value is -2.02. The van der Waals surface area contributed by atoms with Crippen molar-refractivity contribution in [3.8, 4) is 11.1 Å². The van der Waals surface area contributed by atoms with Crippen molar-refractivity contribution in [3.63, 3.8) is 0 Å². The maximum absolute atomic E-state index is 6.13. The number of anilines is 1. The molecule has 0 saturated carbocycles. The largest absolute Gasteiger partial charge is 0.398 e. The van der Waals surface area contributed by atoms with Crippen molar-refractivity contribution in [2.45, 2.75) is 33.6 Å². The predicted molar refractivity (Wildman–Crippen MR) is 89.7 cm³/mol. The molecule has 0 unspecified atom stereocenters. The molecule has 0 saturated heterocycles. The molecular formula is C19H23N. The molecule has 20 heavy (non-hydrogen) atoms. The van der Waals surface area contributed by atoms with Crippen LogP contribution in [0.2, 0.25) is 0 Å². The summed E-state index contributed by atoms with van der Waals surface area (Å²) >= 11 is 0. The highest BCUT2D eigenvalue weighted by molar-refractivity contribution is 5.74. The molecule has 0 aliphatic heterocycles. The van der Waals surface area contributed by atoms with Gasteiger partial charge >= 0.3 is 0 Å². The number of hydrogen-bond acceptors (Lipinski definition) is 1. The quantitative estimate of drug-likeness (QED) is 0.753. The molecule has 0 amide bonds. The van der Waals surface area contributed by atoms with Crippen molar-refractivity contribution in [1.29, 1.82) is 0 Å². The zero-order valence-electron chi connectivity index (χ0n) is 12.7. The third kappa shape index (κ3) is 2.77. The van der Waals surface area contributed by atoms with Crippen molar-refractivity contribution < 1.29 is 0 Å². The van der Waals surface area contributed by atoms with Crippen LogP contribution in [0.15, 0.2) is 43.0 Å². The highest BCUT2D eigenvalue weighted by Gasteiger charge is 2.07. The Labute approximate surface area is 122 Å². The topological polar surface area (TPSA) is 26.0 Å². The Morgan fingerprint density at radius 3 is 2.50 bits per heavy atom. The second kappa shape index (κ2) is 5.96. The number of allylic oxidation sites excluding steroid dienone is 1. The van der Waals surface area contributed by atoms with Crippen LogP contribution in [-0.2, 0) is 6.42 Å². The van der Waals surface area contributed by atoms with Gasteiger partial charge in [-0.1, -0.05) is 38.6 Å². The molecular weight excluding hydrogens is 242 g/mol. The zero-order chi connectivity index (χ0) is 14.7. The van der Waals surface area contributed by atoms with Crippen LogP contribution in [0, 0.1) is 6.92 Å². The minimum absolute atomic E-state index is 0.922. The van der Waals surface area contributed by atoms with Crippen molar-refractivity contribution in [3.05, 3.63) is 59.7 Å². The molecule has 1 nitrogen and oxygen atoms in total. The lowest BCUT2D eigenvalue weighted by molar-refractivity contribution is 1.14. The maximum atomic E-state index is 6.13. The second-order valence-electron chi connectivity index (χ2n) is 5.26. The Morgan fingerprint density at radius 1 is 1.10 bits per heavy atom. The molecule has 0 aliphatic rings. The summed E-state index contributed by atoms with van der Waals surface area (Å²) in [6.45, 7) is 10.5. The Bertz CT molecular complexity index is 638. The van der Waals surface area contributed by atoms with E-state index in [1.165, 1.54) is 27.8 Å². The van der Waals surface area contributed by atoms with Crippen LogP contribution in [0.3, 0.4) is 0 Å². The average molecular weight is 265 g/mol. The van der Waals surface area contributed by atoms with Gasteiger partial charge in [0.2, 0.25) is 0 Å². The lowest BCUT2D eigenvalue weighted by atomic mass is 9.95. The normalized spacial score (nSPS) is 10.6. The molecule has 2 aromatic rings. The fraction of sp³-hybridized carbons (Fsp3) is 0.263. The Kier molecular flexibility index (Phi) is 4.29. The fourth-order valence-corrected chi connectivity index (χ4v) is 2.45. The van der Waals surface area contributed by atoms with E-state index in [9.17, 15) is 0 Å². The molecule has 0 aliphatic carbocycles. The van der Waals surface area contributed by atoms with Crippen molar-refractivity contribution >= 4 is 11.3 Å². The van der Waals surface area contributed by atoms with E-state index >= 15 is 0 Å². The first-order valence-corrected chi connectivity index (χ1v) is 7.24. The van der Waals surface area contributed by atoms with E-state index in [1.54, 1.807) is 0 Å². The van der Waals surface area contributed by atoms with E-state index in [0.717, 1.165) is 24.1 Å². The van der Waals surface area contributed by atoms with Crippen LogP contribution in [0.25, 0.3) is 16.7 Å². The van der Waals surface area contributed by atoms with Crippen molar-refractivity contribution in [2.24, 2.45) is 0 Å². The smallest absolute Gasteiger partial charge is 0.0376 e. The number of nitrogen functional groups attached to an aromatic ring is 1. The van der Waals surface area contributed by atoms with Gasteiger partial charge in [0.15, 0.2) is 0 Å². The highest BCUT2D eigenvalue weighted by atomic mass is 14.6. The number of hydrogen-bond donors (Lipinski definition) is 1. The molecule has 0 aromatic heterocycles. The van der Waals surface area contributed by atoms with E-state index in [0.29, 0.717) is 0 Å². The monoisotopic (exact) mass is 265 g/mol. The van der Waals surface area contributed by atoms with Gasteiger partial charge in [0, 0.05) is 5.69 Å². The highest BCUT2D eigenvalue weighted by Crippen LogP contribution is 2.29. The van der Waals surface area contributed by atoms with Crippen LogP contribution >= 0.6 is 0 Å². The molecule has 0 heterocycles. The molecule has 0 spiro atoms. The average Bonchev–Trinajstić information content (AvgIpc) is 2.49. The molecule has 2 N–H and O–H groups in total. The lowest BCUT2D eigenvalue weighted by Crippen LogP contribution is -1.97. The van der Waals surface area contributed by atoms with Gasteiger partial charge in [-0.2, -0.15) is 0 Å². The molecule has 0 atom stereocenters. The Morgan fingerprint density at radius 2 is 1.85 bits per heavy atom. The molecule has 2 aromatic carbocycles. The maximum Gasteiger partial charge on any atom is 0.0376 e. The molecule has 0 fully saturated rings. The van der Waals surface area contributed by atoms with Gasteiger partial charge < -0.3 is 5.73 Å². The summed E-state index contributed by atoms with van der Waals surface area (Å²) in [7, 11) is 0. The minimum Gasteiger partial charge on any atom is -0.398 e. The zero-order valence-corrected chi connectivity index (χ0v) is 12.7. The van der Waals surface area contributed by atoms with Gasteiger partial charge in [-0.25, -0.2) is 0 Å². The molecule has 2 rings (SSSR count). The van der Waals surface area contributed by atoms with Crippen molar-refractivity contribution in [1.82, 2.24) is 0 Å². The summed E-state index contributed by atoms with van der Waals surface area (Å²) in [5.41, 5.74) is 14.3. The van der Waals surface area contributed by atoms with Crippen LogP contribution in [0.1, 0.15) is 37.0 Å². The predicted octanol–water partition coefficient (Wildman–Crippen LogP) is 5.23. The second-order valence-corrected chi connectivity index (χ2v) is 5.26. The molecule has 0 bridgehead atoms. The summed E-state index contributed by atoms with van der Waals surface area (Å²) in [5, 5.41) is 0. The number of benzene rings is 2. The SMILES string of the molecule is C=C(CC)c1cccc(-c2cc(C)c(N)c(CC)c2)c1. The molecule has 104 valence electrons. The van der Waals surface area contributed by atoms with Gasteiger partial charge in [-0.15, -0.1) is 0 Å². The fourth-order valence-electron chi connectivity index (χ4n) is 2.45. The van der Waals surface area contributed by atoms with Crippen LogP contribution in [0.5, 0.6) is 0 Å². The summed E-state index contributed by atoms with van der Waals surface area (Å²) in [6.07, 6.45) is 1.94. The van der Waals surface area contributed by atoms with E-state index in [2.05, 4.69) is 63.7 Å². The van der Waals surface area contributed by atoms with Gasteiger partial charge in [0.1, 0.15) is 0 Å². The summed E-state index contributed by atoms with van der Waals surface area (Å²) in [4.78, 5) is 0. The molecule has 0 radical (unpaired) electrons. The number of rotatable bonds is 4. The van der Waals surface area contributed by atoms with E-state index < -0.39 is 0 Å². The minimum atomic E-state index is 0.922. The van der Waals surface area contributed by atoms with E-state index in [-0.39, 0.29) is 0 Å². The summed E-state index contributed by atoms with van der Waals surface area (Å²) < 4.78 is 0. The lowest BCUT2D eigenvalue weighted by Gasteiger charge is -2.12. The first kappa shape index (κ1) is 14.4. The van der Waals surface area contributed by atoms with E-state index in [4.69, 9.17) is 5.73 Å². The number of nitrogens with two attached hydrogens (primary N) is 1. The third-order valence-corrected chi connectivity index (χ3v) is 3.88. The standard InChI is InChI=1S/C19H23N/c1-5-13(3)16-8-7-9-17(12-16)18-10-14(4)19(20)15(6-2)11-18/h7-12H,3,5-6,20H2,1-2,4H3. The van der Waals surface area contributed by atoms with Crippen LogP contribution in [-0.4, -0.2) is 0 Å². The van der Waals surface area contributed by atoms with Crippen LogP contribution < -0.4 is 5.73 Å². The third-order valence-electron chi connectivity index (χ3n) is 3.88. The summed E-state index contributed by atoms with van der Waals surface area (Å²) in [5.74, 6) is 0. The van der Waals surface area contributed by atoms with Gasteiger partial charge in [-0.05, 0) is 71.4 Å². The summed E-state index contributed by atoms with van der Waals surface area (Å²) in [6, 6.07) is 13.0. The molecule has 1 heteroatoms. The first-order valence-electron chi connectivity index (χ1n) is 7.24. The van der Waals surface area contributed by atoms with Crippen LogP contribution in [0.4, 0.5) is 5.69 Å². The van der Waals surface area contributed by atoms with Crippen molar-refractivity contribution in [2.75, 3.05) is 5.73 Å².